The van der Waals surface area contributed by atoms with Gasteiger partial charge < -0.3 is 5.73 Å². The van der Waals surface area contributed by atoms with Gasteiger partial charge in [-0.1, -0.05) is 60.2 Å². The van der Waals surface area contributed by atoms with Crippen LogP contribution in [0.15, 0.2) is 54.6 Å². The third-order valence-corrected chi connectivity index (χ3v) is 3.46. The van der Waals surface area contributed by atoms with Crippen molar-refractivity contribution >= 4 is 0 Å². The van der Waals surface area contributed by atoms with Gasteiger partial charge in [0.25, 0.3) is 0 Å². The van der Waals surface area contributed by atoms with Crippen molar-refractivity contribution in [2.75, 3.05) is 13.6 Å². The van der Waals surface area contributed by atoms with Crippen molar-refractivity contribution in [3.8, 4) is 0 Å². The third-order valence-electron chi connectivity index (χ3n) is 3.46. The Morgan fingerprint density at radius 3 is 2.42 bits per heavy atom. The highest BCUT2D eigenvalue weighted by Crippen LogP contribution is 2.21. The second kappa shape index (κ2) is 6.50. The van der Waals surface area contributed by atoms with E-state index in [0.717, 1.165) is 6.54 Å². The summed E-state index contributed by atoms with van der Waals surface area (Å²) in [5.41, 5.74) is 9.86. The van der Waals surface area contributed by atoms with Gasteiger partial charge in [0.1, 0.15) is 0 Å². The van der Waals surface area contributed by atoms with E-state index in [9.17, 15) is 0 Å². The minimum Gasteiger partial charge on any atom is -0.329 e. The summed E-state index contributed by atoms with van der Waals surface area (Å²) in [5, 5.41) is 0. The molecular formula is C17H22N2. The summed E-state index contributed by atoms with van der Waals surface area (Å²) in [5.74, 6) is 0. The topological polar surface area (TPSA) is 29.3 Å². The van der Waals surface area contributed by atoms with Gasteiger partial charge in [0, 0.05) is 19.1 Å². The standard InChI is InChI=1S/C17H22N2/c1-14-7-6-10-16(11-14)17(12-18)19(2)13-15-8-4-3-5-9-15/h3-11,17H,12-13,18H2,1-2H3. The summed E-state index contributed by atoms with van der Waals surface area (Å²) in [6.07, 6.45) is 0. The van der Waals surface area contributed by atoms with E-state index in [0.29, 0.717) is 6.54 Å². The van der Waals surface area contributed by atoms with Crippen molar-refractivity contribution in [3.63, 3.8) is 0 Å². The fourth-order valence-electron chi connectivity index (χ4n) is 2.43. The van der Waals surface area contributed by atoms with Crippen LogP contribution in [0.2, 0.25) is 0 Å². The molecule has 0 aliphatic rings. The molecule has 1 unspecified atom stereocenters. The Kier molecular flexibility index (Phi) is 4.72. The van der Waals surface area contributed by atoms with Crippen molar-refractivity contribution < 1.29 is 0 Å². The monoisotopic (exact) mass is 254 g/mol. The number of likely N-dealkylation sites (N-methyl/N-ethyl adjacent to an activating group) is 1. The Bertz CT molecular complexity index is 508. The molecule has 19 heavy (non-hydrogen) atoms. The molecule has 2 aromatic carbocycles. The maximum atomic E-state index is 5.97. The van der Waals surface area contributed by atoms with Gasteiger partial charge >= 0.3 is 0 Å². The van der Waals surface area contributed by atoms with Gasteiger partial charge in [-0.2, -0.15) is 0 Å². The molecule has 0 spiro atoms. The molecule has 0 fully saturated rings. The van der Waals surface area contributed by atoms with Gasteiger partial charge in [0.15, 0.2) is 0 Å². The van der Waals surface area contributed by atoms with Crippen molar-refractivity contribution in [2.24, 2.45) is 5.73 Å². The molecule has 1 atom stereocenters. The van der Waals surface area contributed by atoms with E-state index in [-0.39, 0.29) is 6.04 Å². The molecule has 2 N–H and O–H groups in total. The number of rotatable bonds is 5. The van der Waals surface area contributed by atoms with E-state index >= 15 is 0 Å². The average molecular weight is 254 g/mol. The molecule has 0 aliphatic carbocycles. The maximum Gasteiger partial charge on any atom is 0.0471 e. The minimum atomic E-state index is 0.264. The van der Waals surface area contributed by atoms with Crippen LogP contribution >= 0.6 is 0 Å². The first-order valence-electron chi connectivity index (χ1n) is 6.71. The average Bonchev–Trinajstić information content (AvgIpc) is 2.41. The predicted octanol–water partition coefficient (Wildman–Crippen LogP) is 3.13. The van der Waals surface area contributed by atoms with Crippen molar-refractivity contribution in [1.82, 2.24) is 4.90 Å². The summed E-state index contributed by atoms with van der Waals surface area (Å²) < 4.78 is 0. The van der Waals surface area contributed by atoms with E-state index in [4.69, 9.17) is 5.73 Å². The molecule has 0 aliphatic heterocycles. The summed E-state index contributed by atoms with van der Waals surface area (Å²) in [6, 6.07) is 19.4. The highest BCUT2D eigenvalue weighted by Gasteiger charge is 2.15. The lowest BCUT2D eigenvalue weighted by atomic mass is 10.0. The van der Waals surface area contributed by atoms with Crippen LogP contribution in [0.5, 0.6) is 0 Å². The van der Waals surface area contributed by atoms with Crippen molar-refractivity contribution in [2.45, 2.75) is 19.5 Å². The Morgan fingerprint density at radius 2 is 1.79 bits per heavy atom. The van der Waals surface area contributed by atoms with E-state index in [2.05, 4.69) is 67.4 Å². The number of hydrogen-bond acceptors (Lipinski definition) is 2. The Morgan fingerprint density at radius 1 is 1.05 bits per heavy atom. The lowest BCUT2D eigenvalue weighted by Gasteiger charge is -2.27. The highest BCUT2D eigenvalue weighted by molar-refractivity contribution is 5.25. The van der Waals surface area contributed by atoms with Gasteiger partial charge in [-0.15, -0.1) is 0 Å². The van der Waals surface area contributed by atoms with Crippen LogP contribution in [0.4, 0.5) is 0 Å². The predicted molar refractivity (Wildman–Crippen MR) is 80.9 cm³/mol. The Balaban J connectivity index is 2.13. The molecule has 2 nitrogen and oxygen atoms in total. The first-order chi connectivity index (χ1) is 9.20. The van der Waals surface area contributed by atoms with E-state index in [1.165, 1.54) is 16.7 Å². The molecule has 2 aromatic rings. The number of aryl methyl sites for hydroxylation is 1. The van der Waals surface area contributed by atoms with Crippen LogP contribution in [0.3, 0.4) is 0 Å². The minimum absolute atomic E-state index is 0.264. The zero-order chi connectivity index (χ0) is 13.7. The van der Waals surface area contributed by atoms with Gasteiger partial charge in [-0.3, -0.25) is 4.90 Å². The van der Waals surface area contributed by atoms with Gasteiger partial charge in [0.2, 0.25) is 0 Å². The van der Waals surface area contributed by atoms with Gasteiger partial charge in [-0.05, 0) is 25.1 Å². The van der Waals surface area contributed by atoms with Crippen LogP contribution in [-0.4, -0.2) is 18.5 Å². The number of nitrogens with two attached hydrogens (primary N) is 1. The van der Waals surface area contributed by atoms with E-state index < -0.39 is 0 Å². The smallest absolute Gasteiger partial charge is 0.0471 e. The summed E-state index contributed by atoms with van der Waals surface area (Å²) in [6.45, 7) is 3.66. The maximum absolute atomic E-state index is 5.97. The van der Waals surface area contributed by atoms with Crippen LogP contribution in [0.1, 0.15) is 22.7 Å². The number of nitrogens with zero attached hydrogens (tertiary/aromatic N) is 1. The van der Waals surface area contributed by atoms with Crippen molar-refractivity contribution in [1.29, 1.82) is 0 Å². The van der Waals surface area contributed by atoms with E-state index in [1.54, 1.807) is 0 Å². The van der Waals surface area contributed by atoms with Crippen LogP contribution in [0.25, 0.3) is 0 Å². The SMILES string of the molecule is Cc1cccc(C(CN)N(C)Cc2ccccc2)c1. The summed E-state index contributed by atoms with van der Waals surface area (Å²) >= 11 is 0. The fraction of sp³-hybridized carbons (Fsp3) is 0.294. The molecule has 0 radical (unpaired) electrons. The number of benzene rings is 2. The van der Waals surface area contributed by atoms with Gasteiger partial charge in [0.05, 0.1) is 0 Å². The molecular weight excluding hydrogens is 232 g/mol. The second-order valence-corrected chi connectivity index (χ2v) is 5.07. The normalized spacial score (nSPS) is 12.6. The zero-order valence-electron chi connectivity index (χ0n) is 11.7. The van der Waals surface area contributed by atoms with Crippen LogP contribution in [0, 0.1) is 6.92 Å². The Labute approximate surface area is 115 Å². The zero-order valence-corrected chi connectivity index (χ0v) is 11.7. The lowest BCUT2D eigenvalue weighted by Crippen LogP contribution is -2.30. The first kappa shape index (κ1) is 13.8. The first-order valence-corrected chi connectivity index (χ1v) is 6.71. The molecule has 0 saturated carbocycles. The van der Waals surface area contributed by atoms with Crippen LogP contribution < -0.4 is 5.73 Å². The molecule has 0 bridgehead atoms. The molecule has 0 heterocycles. The third kappa shape index (κ3) is 3.66. The van der Waals surface area contributed by atoms with Gasteiger partial charge in [-0.25, -0.2) is 0 Å². The molecule has 2 heteroatoms. The molecule has 0 aromatic heterocycles. The van der Waals surface area contributed by atoms with E-state index in [1.807, 2.05) is 6.07 Å². The Hall–Kier alpha value is -1.64. The fourth-order valence-corrected chi connectivity index (χ4v) is 2.43. The molecule has 100 valence electrons. The van der Waals surface area contributed by atoms with Crippen molar-refractivity contribution in [3.05, 3.63) is 71.3 Å². The quantitative estimate of drug-likeness (QED) is 0.888. The lowest BCUT2D eigenvalue weighted by molar-refractivity contribution is 0.242. The molecule has 0 saturated heterocycles. The number of hydrogen-bond donors (Lipinski definition) is 1. The second-order valence-electron chi connectivity index (χ2n) is 5.07. The van der Waals surface area contributed by atoms with Crippen LogP contribution in [-0.2, 0) is 6.54 Å². The highest BCUT2D eigenvalue weighted by atomic mass is 15.1. The molecule has 2 rings (SSSR count). The largest absolute Gasteiger partial charge is 0.329 e. The summed E-state index contributed by atoms with van der Waals surface area (Å²) in [4.78, 5) is 2.31. The summed E-state index contributed by atoms with van der Waals surface area (Å²) in [7, 11) is 2.13. The molecule has 0 amide bonds.